The Kier molecular flexibility index (Phi) is 4.41. The molecule has 3 nitrogen and oxygen atoms in total. The first-order chi connectivity index (χ1) is 6.79. The monoisotopic (exact) mass is 233 g/mol. The Bertz CT molecular complexity index is 223. The minimum atomic E-state index is -0.100. The van der Waals surface area contributed by atoms with Crippen molar-refractivity contribution in [2.75, 3.05) is 20.2 Å². The van der Waals surface area contributed by atoms with Crippen LogP contribution in [0.1, 0.15) is 32.1 Å². The van der Waals surface area contributed by atoms with E-state index in [0.29, 0.717) is 5.92 Å². The van der Waals surface area contributed by atoms with Gasteiger partial charge in [0, 0.05) is 0 Å². The number of carbonyl (C=O) groups is 1. The highest BCUT2D eigenvalue weighted by Gasteiger charge is 2.50. The highest BCUT2D eigenvalue weighted by atomic mass is 35.5. The summed E-state index contributed by atoms with van der Waals surface area (Å²) < 4.78 is 4.95. The molecule has 88 valence electrons. The minimum absolute atomic E-state index is 0. The van der Waals surface area contributed by atoms with Crippen molar-refractivity contribution >= 4 is 18.4 Å². The maximum absolute atomic E-state index is 11.8. The molecule has 2 fully saturated rings. The van der Waals surface area contributed by atoms with Crippen LogP contribution in [0, 0.1) is 11.3 Å². The first-order valence-corrected chi connectivity index (χ1v) is 5.59. The van der Waals surface area contributed by atoms with Crippen molar-refractivity contribution in [1.29, 1.82) is 0 Å². The van der Waals surface area contributed by atoms with Gasteiger partial charge in [0.1, 0.15) is 0 Å². The van der Waals surface area contributed by atoms with Crippen LogP contribution in [-0.2, 0) is 9.53 Å². The fourth-order valence-corrected chi connectivity index (χ4v) is 2.91. The molecule has 0 amide bonds. The number of halogens is 1. The molecule has 0 bridgehead atoms. The Labute approximate surface area is 97.4 Å². The molecule has 1 aliphatic heterocycles. The lowest BCUT2D eigenvalue weighted by molar-refractivity contribution is -0.164. The maximum Gasteiger partial charge on any atom is 0.312 e. The Morgan fingerprint density at radius 1 is 1.33 bits per heavy atom. The largest absolute Gasteiger partial charge is 0.469 e. The molecule has 2 rings (SSSR count). The maximum atomic E-state index is 11.8. The molecule has 2 aliphatic rings. The molecule has 1 saturated carbocycles. The van der Waals surface area contributed by atoms with Crippen molar-refractivity contribution in [2.45, 2.75) is 32.1 Å². The highest BCUT2D eigenvalue weighted by molar-refractivity contribution is 5.85. The number of rotatable bonds is 2. The summed E-state index contributed by atoms with van der Waals surface area (Å²) in [6, 6.07) is 0. The molecule has 0 atom stereocenters. The quantitative estimate of drug-likeness (QED) is 0.739. The molecule has 1 saturated heterocycles. The molecule has 0 unspecified atom stereocenters. The van der Waals surface area contributed by atoms with Crippen LogP contribution in [-0.4, -0.2) is 26.2 Å². The van der Waals surface area contributed by atoms with E-state index in [1.807, 2.05) is 0 Å². The smallest absolute Gasteiger partial charge is 0.312 e. The molecule has 4 heteroatoms. The number of methoxy groups -OCH3 is 1. The second-order valence-electron chi connectivity index (χ2n) is 4.53. The van der Waals surface area contributed by atoms with Crippen LogP contribution < -0.4 is 5.32 Å². The van der Waals surface area contributed by atoms with Crippen LogP contribution >= 0.6 is 12.4 Å². The Morgan fingerprint density at radius 3 is 2.33 bits per heavy atom. The third-order valence-electron chi connectivity index (χ3n) is 3.96. The van der Waals surface area contributed by atoms with E-state index in [1.54, 1.807) is 0 Å². The fourth-order valence-electron chi connectivity index (χ4n) is 2.91. The third-order valence-corrected chi connectivity index (χ3v) is 3.96. The molecule has 1 aliphatic carbocycles. The summed E-state index contributed by atoms with van der Waals surface area (Å²) in [5.41, 5.74) is -0.100. The Balaban J connectivity index is 0.00000112. The molecule has 1 heterocycles. The number of esters is 1. The summed E-state index contributed by atoms with van der Waals surface area (Å²) in [7, 11) is 1.52. The first kappa shape index (κ1) is 12.8. The molecule has 15 heavy (non-hydrogen) atoms. The average Bonchev–Trinajstić information content (AvgIpc) is 2.17. The van der Waals surface area contributed by atoms with Gasteiger partial charge in [-0.2, -0.15) is 0 Å². The molecule has 0 spiro atoms. The van der Waals surface area contributed by atoms with E-state index in [9.17, 15) is 4.79 Å². The van der Waals surface area contributed by atoms with Gasteiger partial charge in [0.25, 0.3) is 0 Å². The summed E-state index contributed by atoms with van der Waals surface area (Å²) in [6.07, 6.45) is 5.55. The predicted octanol–water partition coefficient (Wildman–Crippen LogP) is 1.75. The lowest BCUT2D eigenvalue weighted by atomic mass is 9.59. The fraction of sp³-hybridized carbons (Fsp3) is 0.909. The van der Waals surface area contributed by atoms with Crippen molar-refractivity contribution in [3.05, 3.63) is 0 Å². The number of carbonyl (C=O) groups excluding carboxylic acids is 1. The highest BCUT2D eigenvalue weighted by Crippen LogP contribution is 2.50. The van der Waals surface area contributed by atoms with E-state index in [1.165, 1.54) is 13.5 Å². The summed E-state index contributed by atoms with van der Waals surface area (Å²) >= 11 is 0. The predicted molar refractivity (Wildman–Crippen MR) is 61.1 cm³/mol. The summed E-state index contributed by atoms with van der Waals surface area (Å²) in [5.74, 6) is 0.598. The van der Waals surface area contributed by atoms with E-state index in [-0.39, 0.29) is 23.8 Å². The third kappa shape index (κ3) is 2.13. The van der Waals surface area contributed by atoms with E-state index in [2.05, 4.69) is 5.32 Å². The molecule has 0 radical (unpaired) electrons. The zero-order chi connectivity index (χ0) is 10.0. The van der Waals surface area contributed by atoms with E-state index in [0.717, 1.165) is 38.8 Å². The molecule has 0 aromatic rings. The Hall–Kier alpha value is -0.280. The topological polar surface area (TPSA) is 38.3 Å². The molecular weight excluding hydrogens is 214 g/mol. The van der Waals surface area contributed by atoms with E-state index < -0.39 is 0 Å². The molecule has 0 aromatic carbocycles. The number of nitrogens with one attached hydrogen (secondary N) is 1. The SMILES string of the molecule is COC(=O)C1(C2CCNCC2)CCC1.Cl. The van der Waals surface area contributed by atoms with E-state index in [4.69, 9.17) is 4.74 Å². The summed E-state index contributed by atoms with van der Waals surface area (Å²) in [4.78, 5) is 11.8. The van der Waals surface area contributed by atoms with Crippen LogP contribution in [0.5, 0.6) is 0 Å². The van der Waals surface area contributed by atoms with Gasteiger partial charge in [-0.05, 0) is 44.7 Å². The van der Waals surface area contributed by atoms with Crippen molar-refractivity contribution in [3.8, 4) is 0 Å². The van der Waals surface area contributed by atoms with Gasteiger partial charge >= 0.3 is 5.97 Å². The Morgan fingerprint density at radius 2 is 1.93 bits per heavy atom. The lowest BCUT2D eigenvalue weighted by Crippen LogP contribution is -2.48. The van der Waals surface area contributed by atoms with Gasteiger partial charge in [-0.3, -0.25) is 4.79 Å². The summed E-state index contributed by atoms with van der Waals surface area (Å²) in [6.45, 7) is 2.12. The van der Waals surface area contributed by atoms with Gasteiger partial charge in [-0.25, -0.2) is 0 Å². The van der Waals surface area contributed by atoms with Gasteiger partial charge in [0.15, 0.2) is 0 Å². The van der Waals surface area contributed by atoms with Gasteiger partial charge in [-0.15, -0.1) is 12.4 Å². The lowest BCUT2D eigenvalue weighted by Gasteiger charge is -2.46. The number of hydrogen-bond acceptors (Lipinski definition) is 3. The van der Waals surface area contributed by atoms with Gasteiger partial charge in [0.2, 0.25) is 0 Å². The standard InChI is InChI=1S/C11H19NO2.ClH/c1-14-10(13)11(5-2-6-11)9-3-7-12-8-4-9;/h9,12H,2-8H2,1H3;1H. The molecule has 1 N–H and O–H groups in total. The zero-order valence-electron chi connectivity index (χ0n) is 9.25. The van der Waals surface area contributed by atoms with Gasteiger partial charge < -0.3 is 10.1 Å². The molecular formula is C11H20ClNO2. The van der Waals surface area contributed by atoms with Gasteiger partial charge in [-0.1, -0.05) is 6.42 Å². The summed E-state index contributed by atoms with van der Waals surface area (Å²) in [5, 5.41) is 3.34. The first-order valence-electron chi connectivity index (χ1n) is 5.59. The van der Waals surface area contributed by atoms with Crippen molar-refractivity contribution in [3.63, 3.8) is 0 Å². The molecule has 0 aromatic heterocycles. The normalized spacial score (nSPS) is 24.9. The average molecular weight is 234 g/mol. The number of ether oxygens (including phenoxy) is 1. The van der Waals surface area contributed by atoms with Crippen LogP contribution in [0.15, 0.2) is 0 Å². The van der Waals surface area contributed by atoms with Crippen molar-refractivity contribution in [1.82, 2.24) is 5.32 Å². The van der Waals surface area contributed by atoms with Crippen LogP contribution in [0.3, 0.4) is 0 Å². The zero-order valence-corrected chi connectivity index (χ0v) is 10.1. The van der Waals surface area contributed by atoms with Crippen LogP contribution in [0.2, 0.25) is 0 Å². The second kappa shape index (κ2) is 5.17. The van der Waals surface area contributed by atoms with Crippen molar-refractivity contribution in [2.24, 2.45) is 11.3 Å². The number of hydrogen-bond donors (Lipinski definition) is 1. The second-order valence-corrected chi connectivity index (χ2v) is 4.53. The van der Waals surface area contributed by atoms with Gasteiger partial charge in [0.05, 0.1) is 12.5 Å². The number of piperidine rings is 1. The van der Waals surface area contributed by atoms with E-state index >= 15 is 0 Å². The van der Waals surface area contributed by atoms with Crippen LogP contribution in [0.25, 0.3) is 0 Å². The van der Waals surface area contributed by atoms with Crippen LogP contribution in [0.4, 0.5) is 0 Å². The minimum Gasteiger partial charge on any atom is -0.469 e. The van der Waals surface area contributed by atoms with Crippen molar-refractivity contribution < 1.29 is 9.53 Å².